The van der Waals surface area contributed by atoms with Gasteiger partial charge >= 0.3 is 12.1 Å². The predicted octanol–water partition coefficient (Wildman–Crippen LogP) is 3.77. The average molecular weight is 461 g/mol. The van der Waals surface area contributed by atoms with Crippen LogP contribution in [0.5, 0.6) is 5.75 Å². The first kappa shape index (κ1) is 23.7. The summed E-state index contributed by atoms with van der Waals surface area (Å²) in [7, 11) is -3.97. The number of amides is 1. The third-order valence-corrected chi connectivity index (χ3v) is 6.91. The SMILES string of the molecule is CC(C)C(NS(=O)(=O)c1ccc(-c2ccc(OC(=O)NC3CCCC3)cc2)cc1)C(=O)O. The van der Waals surface area contributed by atoms with Crippen LogP contribution in [0.2, 0.25) is 0 Å². The predicted molar refractivity (Wildman–Crippen MR) is 120 cm³/mol. The van der Waals surface area contributed by atoms with Crippen LogP contribution in [-0.4, -0.2) is 37.7 Å². The monoisotopic (exact) mass is 460 g/mol. The van der Waals surface area contributed by atoms with Crippen molar-refractivity contribution in [1.29, 1.82) is 0 Å². The van der Waals surface area contributed by atoms with E-state index in [9.17, 15) is 23.1 Å². The Morgan fingerprint density at radius 2 is 1.50 bits per heavy atom. The zero-order valence-electron chi connectivity index (χ0n) is 18.1. The summed E-state index contributed by atoms with van der Waals surface area (Å²) in [5, 5.41) is 12.1. The molecule has 0 saturated heterocycles. The molecule has 9 heteroatoms. The Kier molecular flexibility index (Phi) is 7.52. The molecule has 2 aromatic carbocycles. The molecular weight excluding hydrogens is 432 g/mol. The standard InChI is InChI=1S/C23H28N2O6S/c1-15(2)21(22(26)27)25-32(29,30)20-13-9-17(10-14-20)16-7-11-19(12-8-16)31-23(28)24-18-5-3-4-6-18/h7-15,18,21,25H,3-6H2,1-2H3,(H,24,28)(H,26,27). The van der Waals surface area contributed by atoms with Gasteiger partial charge in [0.05, 0.1) is 4.90 Å². The Balaban J connectivity index is 1.65. The molecule has 172 valence electrons. The van der Waals surface area contributed by atoms with Crippen molar-refractivity contribution in [3.63, 3.8) is 0 Å². The zero-order valence-corrected chi connectivity index (χ0v) is 18.9. The zero-order chi connectivity index (χ0) is 23.3. The third kappa shape index (κ3) is 6.08. The number of hydrogen-bond donors (Lipinski definition) is 3. The molecule has 3 rings (SSSR count). The maximum Gasteiger partial charge on any atom is 0.412 e. The van der Waals surface area contributed by atoms with Crippen LogP contribution in [-0.2, 0) is 14.8 Å². The van der Waals surface area contributed by atoms with E-state index in [1.54, 1.807) is 50.2 Å². The van der Waals surface area contributed by atoms with Crippen molar-refractivity contribution in [2.24, 2.45) is 5.92 Å². The van der Waals surface area contributed by atoms with Crippen molar-refractivity contribution in [3.8, 4) is 16.9 Å². The number of benzene rings is 2. The number of rotatable bonds is 8. The molecule has 1 atom stereocenters. The van der Waals surface area contributed by atoms with Crippen LogP contribution in [0.15, 0.2) is 53.4 Å². The van der Waals surface area contributed by atoms with Gasteiger partial charge in [0, 0.05) is 6.04 Å². The molecule has 1 aliphatic carbocycles. The van der Waals surface area contributed by atoms with Crippen LogP contribution < -0.4 is 14.8 Å². The van der Waals surface area contributed by atoms with E-state index in [0.29, 0.717) is 5.75 Å². The molecule has 1 saturated carbocycles. The molecule has 0 aromatic heterocycles. The average Bonchev–Trinajstić information content (AvgIpc) is 3.25. The maximum atomic E-state index is 12.5. The van der Waals surface area contributed by atoms with Gasteiger partial charge < -0.3 is 15.2 Å². The highest BCUT2D eigenvalue weighted by molar-refractivity contribution is 7.89. The number of carboxylic acids is 1. The van der Waals surface area contributed by atoms with Gasteiger partial charge in [-0.15, -0.1) is 0 Å². The number of carbonyl (C=O) groups excluding carboxylic acids is 1. The van der Waals surface area contributed by atoms with E-state index in [-0.39, 0.29) is 10.9 Å². The van der Waals surface area contributed by atoms with Gasteiger partial charge in [-0.1, -0.05) is 51.0 Å². The molecule has 2 aromatic rings. The van der Waals surface area contributed by atoms with Crippen LogP contribution in [0.25, 0.3) is 11.1 Å². The van der Waals surface area contributed by atoms with Crippen LogP contribution in [0, 0.1) is 5.92 Å². The largest absolute Gasteiger partial charge is 0.480 e. The number of nitrogens with one attached hydrogen (secondary N) is 2. The second kappa shape index (κ2) is 10.1. The fraction of sp³-hybridized carbons (Fsp3) is 0.391. The van der Waals surface area contributed by atoms with Crippen LogP contribution >= 0.6 is 0 Å². The van der Waals surface area contributed by atoms with E-state index in [4.69, 9.17) is 4.74 Å². The second-order valence-electron chi connectivity index (χ2n) is 8.25. The number of aliphatic carboxylic acids is 1. The van der Waals surface area contributed by atoms with E-state index < -0.39 is 34.0 Å². The van der Waals surface area contributed by atoms with Gasteiger partial charge in [0.15, 0.2) is 0 Å². The molecule has 0 aliphatic heterocycles. The second-order valence-corrected chi connectivity index (χ2v) is 9.96. The fourth-order valence-electron chi connectivity index (χ4n) is 3.62. The minimum absolute atomic E-state index is 0.0170. The molecule has 0 bridgehead atoms. The lowest BCUT2D eigenvalue weighted by atomic mass is 10.1. The molecule has 1 fully saturated rings. The van der Waals surface area contributed by atoms with Gasteiger partial charge in [0.25, 0.3) is 0 Å². The highest BCUT2D eigenvalue weighted by atomic mass is 32.2. The fourth-order valence-corrected chi connectivity index (χ4v) is 4.96. The normalized spacial score (nSPS) is 15.5. The Bertz CT molecular complexity index is 1040. The summed E-state index contributed by atoms with van der Waals surface area (Å²) in [5.74, 6) is -1.21. The highest BCUT2D eigenvalue weighted by Crippen LogP contribution is 2.25. The smallest absolute Gasteiger partial charge is 0.412 e. The van der Waals surface area contributed by atoms with Gasteiger partial charge in [0.1, 0.15) is 11.8 Å². The summed E-state index contributed by atoms with van der Waals surface area (Å²) >= 11 is 0. The summed E-state index contributed by atoms with van der Waals surface area (Å²) in [5.41, 5.74) is 1.58. The molecule has 0 radical (unpaired) electrons. The summed E-state index contributed by atoms with van der Waals surface area (Å²) in [4.78, 5) is 23.3. The topological polar surface area (TPSA) is 122 Å². The van der Waals surface area contributed by atoms with Crippen LogP contribution in [0.4, 0.5) is 4.79 Å². The molecule has 8 nitrogen and oxygen atoms in total. The number of hydrogen-bond acceptors (Lipinski definition) is 5. The molecule has 0 heterocycles. The third-order valence-electron chi connectivity index (χ3n) is 5.45. The first-order chi connectivity index (χ1) is 15.2. The van der Waals surface area contributed by atoms with Crippen LogP contribution in [0.3, 0.4) is 0 Å². The Labute approximate surface area is 188 Å². The van der Waals surface area contributed by atoms with Gasteiger partial charge in [0.2, 0.25) is 10.0 Å². The number of sulfonamides is 1. The lowest BCUT2D eigenvalue weighted by Crippen LogP contribution is -2.44. The minimum atomic E-state index is -3.97. The van der Waals surface area contributed by atoms with Gasteiger partial charge in [-0.2, -0.15) is 4.72 Å². The lowest BCUT2D eigenvalue weighted by Gasteiger charge is -2.18. The summed E-state index contributed by atoms with van der Waals surface area (Å²) < 4.78 is 32.6. The molecule has 1 unspecified atom stereocenters. The van der Waals surface area contributed by atoms with E-state index in [1.807, 2.05) is 0 Å². The van der Waals surface area contributed by atoms with Crippen molar-refractivity contribution in [1.82, 2.24) is 10.0 Å². The van der Waals surface area contributed by atoms with Crippen molar-refractivity contribution < 1.29 is 27.9 Å². The van der Waals surface area contributed by atoms with Crippen molar-refractivity contribution in [2.75, 3.05) is 0 Å². The first-order valence-corrected chi connectivity index (χ1v) is 12.1. The minimum Gasteiger partial charge on any atom is -0.480 e. The Hall–Kier alpha value is -2.91. The number of carbonyl (C=O) groups is 2. The first-order valence-electron chi connectivity index (χ1n) is 10.6. The summed E-state index contributed by atoms with van der Waals surface area (Å²) in [6.45, 7) is 3.27. The van der Waals surface area contributed by atoms with Crippen LogP contribution in [0.1, 0.15) is 39.5 Å². The quantitative estimate of drug-likeness (QED) is 0.551. The van der Waals surface area contributed by atoms with Crippen molar-refractivity contribution in [2.45, 2.75) is 56.5 Å². The lowest BCUT2D eigenvalue weighted by molar-refractivity contribution is -0.140. The Morgan fingerprint density at radius 3 is 2.00 bits per heavy atom. The van der Waals surface area contributed by atoms with Gasteiger partial charge in [-0.05, 0) is 54.2 Å². The van der Waals surface area contributed by atoms with Gasteiger partial charge in [-0.3, -0.25) is 4.79 Å². The molecule has 1 aliphatic rings. The van der Waals surface area contributed by atoms with E-state index >= 15 is 0 Å². The summed E-state index contributed by atoms with van der Waals surface area (Å²) in [6.07, 6.45) is 3.72. The van der Waals surface area contributed by atoms with Crippen molar-refractivity contribution in [3.05, 3.63) is 48.5 Å². The molecule has 3 N–H and O–H groups in total. The molecule has 1 amide bonds. The number of carboxylic acid groups (broad SMARTS) is 1. The van der Waals surface area contributed by atoms with E-state index in [0.717, 1.165) is 36.8 Å². The highest BCUT2D eigenvalue weighted by Gasteiger charge is 2.28. The molecule has 32 heavy (non-hydrogen) atoms. The van der Waals surface area contributed by atoms with E-state index in [2.05, 4.69) is 10.0 Å². The maximum absolute atomic E-state index is 12.5. The number of ether oxygens (including phenoxy) is 1. The van der Waals surface area contributed by atoms with Crippen molar-refractivity contribution >= 4 is 22.1 Å². The van der Waals surface area contributed by atoms with E-state index in [1.165, 1.54) is 12.1 Å². The molecule has 0 spiro atoms. The van der Waals surface area contributed by atoms with Gasteiger partial charge in [-0.25, -0.2) is 13.2 Å². The Morgan fingerprint density at radius 1 is 0.969 bits per heavy atom. The summed E-state index contributed by atoms with van der Waals surface area (Å²) in [6, 6.07) is 12.0. The molecular formula is C23H28N2O6S.